The van der Waals surface area contributed by atoms with Crippen LogP contribution in [-0.4, -0.2) is 47.4 Å². The Morgan fingerprint density at radius 1 is 0.380 bits per heavy atom. The third-order valence-electron chi connectivity index (χ3n) is 15.0. The van der Waals surface area contributed by atoms with Crippen molar-refractivity contribution in [1.82, 2.24) is 5.32 Å². The highest BCUT2D eigenvalue weighted by atomic mass is 16.5. The molecule has 2 unspecified atom stereocenters. The zero-order chi connectivity index (χ0) is 51.4. The number of aliphatic hydroxyl groups is 2. The fourth-order valence-electron chi connectivity index (χ4n) is 10.0. The zero-order valence-electron chi connectivity index (χ0n) is 48.0. The summed E-state index contributed by atoms with van der Waals surface area (Å²) in [6, 6.07) is -0.624. The van der Waals surface area contributed by atoms with Gasteiger partial charge < -0.3 is 20.3 Å². The van der Waals surface area contributed by atoms with Crippen LogP contribution in [0, 0.1) is 0 Å². The summed E-state index contributed by atoms with van der Waals surface area (Å²) in [5.74, 6) is -0.0490. The number of ether oxygens (including phenoxy) is 1. The molecule has 0 bridgehead atoms. The second-order valence-electron chi connectivity index (χ2n) is 22.1. The molecule has 0 saturated heterocycles. The second kappa shape index (κ2) is 60.9. The Balaban J connectivity index is 3.33. The van der Waals surface area contributed by atoms with E-state index >= 15 is 0 Å². The molecular formula is C65H125NO5. The molecule has 0 aromatic carbocycles. The van der Waals surface area contributed by atoms with Gasteiger partial charge in [0.25, 0.3) is 0 Å². The lowest BCUT2D eigenvalue weighted by Gasteiger charge is -2.20. The third kappa shape index (κ3) is 57.5. The smallest absolute Gasteiger partial charge is 0.305 e. The van der Waals surface area contributed by atoms with Gasteiger partial charge in [0.2, 0.25) is 5.91 Å². The molecule has 0 heterocycles. The number of unbranched alkanes of at least 4 members (excludes halogenated alkanes) is 47. The Bertz CT molecular complexity index is 1110. The molecule has 0 rings (SSSR count). The van der Waals surface area contributed by atoms with Crippen LogP contribution in [0.3, 0.4) is 0 Å². The van der Waals surface area contributed by atoms with Gasteiger partial charge in [-0.1, -0.05) is 308 Å². The topological polar surface area (TPSA) is 95.9 Å². The highest BCUT2D eigenvalue weighted by molar-refractivity contribution is 5.76. The van der Waals surface area contributed by atoms with Crippen LogP contribution in [0.4, 0.5) is 0 Å². The molecule has 0 aliphatic heterocycles. The van der Waals surface area contributed by atoms with Crippen LogP contribution in [0.5, 0.6) is 0 Å². The van der Waals surface area contributed by atoms with Crippen molar-refractivity contribution in [1.29, 1.82) is 0 Å². The van der Waals surface area contributed by atoms with Gasteiger partial charge in [-0.25, -0.2) is 0 Å². The third-order valence-corrected chi connectivity index (χ3v) is 15.0. The number of carbonyl (C=O) groups excluding carboxylic acids is 2. The average Bonchev–Trinajstić information content (AvgIpc) is 3.37. The average molecular weight is 1000 g/mol. The first-order valence-corrected chi connectivity index (χ1v) is 32.1. The van der Waals surface area contributed by atoms with Gasteiger partial charge in [-0.2, -0.15) is 0 Å². The summed E-state index contributed by atoms with van der Waals surface area (Å²) in [7, 11) is 0. The number of hydrogen-bond acceptors (Lipinski definition) is 5. The van der Waals surface area contributed by atoms with Crippen LogP contribution < -0.4 is 5.32 Å². The molecule has 0 saturated carbocycles. The van der Waals surface area contributed by atoms with Crippen molar-refractivity contribution in [3.8, 4) is 0 Å². The molecule has 3 N–H and O–H groups in total. The molecule has 71 heavy (non-hydrogen) atoms. The maximum atomic E-state index is 12.4. The van der Waals surface area contributed by atoms with E-state index in [9.17, 15) is 19.8 Å². The van der Waals surface area contributed by atoms with E-state index in [0.717, 1.165) is 38.5 Å². The quantitative estimate of drug-likeness (QED) is 0.0320. The Labute approximate surface area is 443 Å². The lowest BCUT2D eigenvalue weighted by Crippen LogP contribution is -2.45. The van der Waals surface area contributed by atoms with Crippen LogP contribution in [0.15, 0.2) is 24.3 Å². The predicted octanol–water partition coefficient (Wildman–Crippen LogP) is 20.2. The maximum Gasteiger partial charge on any atom is 0.305 e. The summed E-state index contributed by atoms with van der Waals surface area (Å²) in [4.78, 5) is 24.5. The van der Waals surface area contributed by atoms with Crippen molar-refractivity contribution in [2.45, 2.75) is 366 Å². The molecule has 6 heteroatoms. The summed E-state index contributed by atoms with van der Waals surface area (Å²) in [6.07, 6.45) is 75.4. The Kier molecular flexibility index (Phi) is 59.5. The number of allylic oxidation sites excluding steroid dienone is 3. The zero-order valence-corrected chi connectivity index (χ0v) is 48.0. The van der Waals surface area contributed by atoms with E-state index in [-0.39, 0.29) is 18.5 Å². The molecule has 0 fully saturated rings. The summed E-state index contributed by atoms with van der Waals surface area (Å²) < 4.78 is 5.50. The standard InChI is InChI=1S/C65H125NO5/c1-3-5-7-9-11-13-14-15-16-33-36-39-43-47-51-55-59-65(70)71-60-56-52-48-44-40-37-34-31-29-27-25-23-21-19-17-18-20-22-24-26-28-30-32-35-38-42-46-50-54-58-64(69)66-62(61-67)63(68)57-53-49-45-41-12-10-8-6-4-2/h17,19,53,57,62-63,67-68H,3-16,18,20-52,54-56,58-61H2,1-2H3,(H,66,69)/b19-17-,57-53+. The molecular weight excluding hydrogens is 875 g/mol. The van der Waals surface area contributed by atoms with Crippen molar-refractivity contribution < 1.29 is 24.5 Å². The summed E-state index contributed by atoms with van der Waals surface area (Å²) in [6.45, 7) is 4.90. The van der Waals surface area contributed by atoms with Crippen molar-refractivity contribution in [2.75, 3.05) is 13.2 Å². The lowest BCUT2D eigenvalue weighted by molar-refractivity contribution is -0.143. The molecule has 6 nitrogen and oxygen atoms in total. The minimum Gasteiger partial charge on any atom is -0.466 e. The summed E-state index contributed by atoms with van der Waals surface area (Å²) in [5, 5.41) is 22.9. The van der Waals surface area contributed by atoms with Crippen molar-refractivity contribution in [2.24, 2.45) is 0 Å². The second-order valence-corrected chi connectivity index (χ2v) is 22.1. The van der Waals surface area contributed by atoms with Crippen LogP contribution in [0.25, 0.3) is 0 Å². The minimum absolute atomic E-state index is 0.0198. The molecule has 0 aromatic heterocycles. The number of nitrogens with one attached hydrogen (secondary N) is 1. The van der Waals surface area contributed by atoms with Gasteiger partial charge in [0, 0.05) is 12.8 Å². The first kappa shape index (κ1) is 69.3. The van der Waals surface area contributed by atoms with Crippen molar-refractivity contribution in [3.63, 3.8) is 0 Å². The van der Waals surface area contributed by atoms with Crippen LogP contribution in [0.1, 0.15) is 354 Å². The van der Waals surface area contributed by atoms with Gasteiger partial charge in [0.1, 0.15) is 0 Å². The molecule has 2 atom stereocenters. The molecule has 1 amide bonds. The van der Waals surface area contributed by atoms with E-state index in [0.29, 0.717) is 19.4 Å². The summed E-state index contributed by atoms with van der Waals surface area (Å²) >= 11 is 0. The van der Waals surface area contributed by atoms with Gasteiger partial charge in [-0.05, 0) is 57.8 Å². The molecule has 0 radical (unpaired) electrons. The van der Waals surface area contributed by atoms with Gasteiger partial charge in [0.15, 0.2) is 0 Å². The Morgan fingerprint density at radius 2 is 0.662 bits per heavy atom. The predicted molar refractivity (Wildman–Crippen MR) is 310 cm³/mol. The van der Waals surface area contributed by atoms with Gasteiger partial charge in [-0.3, -0.25) is 9.59 Å². The lowest BCUT2D eigenvalue weighted by atomic mass is 10.0. The largest absolute Gasteiger partial charge is 0.466 e. The monoisotopic (exact) mass is 1000 g/mol. The van der Waals surface area contributed by atoms with Crippen LogP contribution in [-0.2, 0) is 14.3 Å². The van der Waals surface area contributed by atoms with E-state index in [2.05, 4.69) is 31.3 Å². The number of rotatable bonds is 60. The first-order valence-electron chi connectivity index (χ1n) is 32.1. The Hall–Kier alpha value is -1.66. The molecule has 0 spiro atoms. The Morgan fingerprint density at radius 3 is 1.00 bits per heavy atom. The van der Waals surface area contributed by atoms with E-state index in [1.165, 1.54) is 289 Å². The normalized spacial score (nSPS) is 12.7. The van der Waals surface area contributed by atoms with E-state index < -0.39 is 12.1 Å². The number of hydrogen-bond donors (Lipinski definition) is 3. The number of esters is 1. The van der Waals surface area contributed by atoms with E-state index in [1.807, 2.05) is 6.08 Å². The van der Waals surface area contributed by atoms with Crippen LogP contribution >= 0.6 is 0 Å². The molecule has 0 aromatic rings. The van der Waals surface area contributed by atoms with E-state index in [4.69, 9.17) is 4.74 Å². The fourth-order valence-corrected chi connectivity index (χ4v) is 10.0. The van der Waals surface area contributed by atoms with Gasteiger partial charge >= 0.3 is 5.97 Å². The van der Waals surface area contributed by atoms with E-state index in [1.54, 1.807) is 6.08 Å². The molecule has 420 valence electrons. The SMILES string of the molecule is CCCCCCCCC/C=C/C(O)C(CO)NC(=O)CCCCCCCCCCCCCCC/C=C\CCCCCCCCCCCCCCOC(=O)CCCCCCCCCCCCCCCCCC. The number of aliphatic hydroxyl groups excluding tert-OH is 2. The number of amides is 1. The highest BCUT2D eigenvalue weighted by Crippen LogP contribution is 2.18. The highest BCUT2D eigenvalue weighted by Gasteiger charge is 2.18. The summed E-state index contributed by atoms with van der Waals surface area (Å²) in [5.41, 5.74) is 0. The maximum absolute atomic E-state index is 12.4. The molecule has 0 aliphatic carbocycles. The van der Waals surface area contributed by atoms with Gasteiger partial charge in [-0.15, -0.1) is 0 Å². The number of carbonyl (C=O) groups is 2. The van der Waals surface area contributed by atoms with Crippen molar-refractivity contribution in [3.05, 3.63) is 24.3 Å². The molecule has 0 aliphatic rings. The van der Waals surface area contributed by atoms with Crippen LogP contribution in [0.2, 0.25) is 0 Å². The van der Waals surface area contributed by atoms with Gasteiger partial charge in [0.05, 0.1) is 25.4 Å². The first-order chi connectivity index (χ1) is 35.0. The minimum atomic E-state index is -0.841. The van der Waals surface area contributed by atoms with Crippen molar-refractivity contribution >= 4 is 11.9 Å². The fraction of sp³-hybridized carbons (Fsp3) is 0.908.